The third-order valence-corrected chi connectivity index (χ3v) is 1.83. The summed E-state index contributed by atoms with van der Waals surface area (Å²) < 4.78 is 18.5. The Hall–Kier alpha value is -0.570. The third kappa shape index (κ3) is 1.93. The van der Waals surface area contributed by atoms with Crippen molar-refractivity contribution >= 4 is 0 Å². The van der Waals surface area contributed by atoms with Gasteiger partial charge in [0, 0.05) is 6.54 Å². The molecule has 1 aliphatic rings. The average Bonchev–Trinajstić information content (AvgIpc) is 2.06. The summed E-state index contributed by atoms with van der Waals surface area (Å²) in [6.45, 7) is 2.05. The molecule has 0 bridgehead atoms. The molecule has 0 radical (unpaired) electrons. The van der Waals surface area contributed by atoms with Gasteiger partial charge in [-0.3, -0.25) is 0 Å². The zero-order chi connectivity index (χ0) is 8.32. The minimum absolute atomic E-state index is 0.0150. The van der Waals surface area contributed by atoms with Crippen molar-refractivity contribution in [3.8, 4) is 0 Å². The lowest BCUT2D eigenvalue weighted by Crippen LogP contribution is -2.33. The fourth-order valence-corrected chi connectivity index (χ4v) is 1.02. The SMILES string of the molecule is CC(F)(CN)C1=CCCCO1. The van der Waals surface area contributed by atoms with Crippen molar-refractivity contribution in [3.05, 3.63) is 11.8 Å². The number of hydrogen-bond acceptors (Lipinski definition) is 2. The summed E-state index contributed by atoms with van der Waals surface area (Å²) in [6, 6.07) is 0. The Morgan fingerprint density at radius 3 is 3.00 bits per heavy atom. The van der Waals surface area contributed by atoms with E-state index in [0.717, 1.165) is 12.8 Å². The number of ether oxygens (including phenoxy) is 1. The molecule has 0 saturated carbocycles. The third-order valence-electron chi connectivity index (χ3n) is 1.83. The first kappa shape index (κ1) is 8.53. The fraction of sp³-hybridized carbons (Fsp3) is 0.750. The highest BCUT2D eigenvalue weighted by molar-refractivity contribution is 5.10. The molecule has 0 aromatic heterocycles. The lowest BCUT2D eigenvalue weighted by Gasteiger charge is -2.24. The summed E-state index contributed by atoms with van der Waals surface area (Å²) >= 11 is 0. The molecular formula is C8H14FNO. The molecule has 1 unspecified atom stereocenters. The van der Waals surface area contributed by atoms with Gasteiger partial charge < -0.3 is 10.5 Å². The van der Waals surface area contributed by atoms with Gasteiger partial charge in [0.1, 0.15) is 5.76 Å². The lowest BCUT2D eigenvalue weighted by atomic mass is 10.0. The summed E-state index contributed by atoms with van der Waals surface area (Å²) in [6.07, 6.45) is 3.66. The van der Waals surface area contributed by atoms with E-state index >= 15 is 0 Å². The van der Waals surface area contributed by atoms with E-state index in [-0.39, 0.29) is 6.54 Å². The molecule has 0 aromatic carbocycles. The monoisotopic (exact) mass is 159 g/mol. The summed E-state index contributed by atoms with van der Waals surface area (Å²) in [5.41, 5.74) is 3.77. The number of nitrogens with two attached hydrogens (primary N) is 1. The predicted octanol–water partition coefficient (Wildman–Crippen LogP) is 1.37. The molecule has 1 atom stereocenters. The quantitative estimate of drug-likeness (QED) is 0.660. The molecule has 0 aliphatic carbocycles. The van der Waals surface area contributed by atoms with Gasteiger partial charge in [-0.15, -0.1) is 0 Å². The zero-order valence-corrected chi connectivity index (χ0v) is 6.77. The first-order valence-electron chi connectivity index (χ1n) is 3.89. The molecule has 3 heteroatoms. The second kappa shape index (κ2) is 3.22. The topological polar surface area (TPSA) is 35.2 Å². The van der Waals surface area contributed by atoms with Crippen LogP contribution in [0.2, 0.25) is 0 Å². The van der Waals surface area contributed by atoms with Crippen LogP contribution in [-0.4, -0.2) is 18.8 Å². The second-order valence-electron chi connectivity index (χ2n) is 2.96. The van der Waals surface area contributed by atoms with Gasteiger partial charge in [-0.05, 0) is 25.8 Å². The molecule has 2 N–H and O–H groups in total. The van der Waals surface area contributed by atoms with Gasteiger partial charge in [0.2, 0.25) is 0 Å². The van der Waals surface area contributed by atoms with Crippen LogP contribution in [0.3, 0.4) is 0 Å². The number of rotatable bonds is 2. The predicted molar refractivity (Wildman–Crippen MR) is 41.8 cm³/mol. The summed E-state index contributed by atoms with van der Waals surface area (Å²) in [7, 11) is 0. The van der Waals surface area contributed by atoms with Crippen molar-refractivity contribution < 1.29 is 9.13 Å². The summed E-state index contributed by atoms with van der Waals surface area (Å²) in [5, 5.41) is 0. The maximum Gasteiger partial charge on any atom is 0.176 e. The van der Waals surface area contributed by atoms with Crippen LogP contribution in [0.15, 0.2) is 11.8 Å². The highest BCUT2D eigenvalue weighted by Gasteiger charge is 2.29. The first-order chi connectivity index (χ1) is 5.17. The van der Waals surface area contributed by atoms with E-state index in [0.29, 0.717) is 12.4 Å². The highest BCUT2D eigenvalue weighted by Crippen LogP contribution is 2.24. The Morgan fingerprint density at radius 2 is 2.55 bits per heavy atom. The molecule has 1 heterocycles. The molecule has 2 nitrogen and oxygen atoms in total. The average molecular weight is 159 g/mol. The van der Waals surface area contributed by atoms with Crippen LogP contribution in [0.25, 0.3) is 0 Å². The van der Waals surface area contributed by atoms with Crippen molar-refractivity contribution in [2.45, 2.75) is 25.4 Å². The minimum Gasteiger partial charge on any atom is -0.495 e. The largest absolute Gasteiger partial charge is 0.495 e. The van der Waals surface area contributed by atoms with Gasteiger partial charge in [-0.25, -0.2) is 4.39 Å². The molecule has 64 valence electrons. The van der Waals surface area contributed by atoms with Crippen molar-refractivity contribution in [1.29, 1.82) is 0 Å². The zero-order valence-electron chi connectivity index (χ0n) is 6.77. The number of hydrogen-bond donors (Lipinski definition) is 1. The smallest absolute Gasteiger partial charge is 0.176 e. The van der Waals surface area contributed by atoms with Gasteiger partial charge in [0.05, 0.1) is 6.61 Å². The molecular weight excluding hydrogens is 145 g/mol. The van der Waals surface area contributed by atoms with Crippen LogP contribution < -0.4 is 5.73 Å². The van der Waals surface area contributed by atoms with Gasteiger partial charge in [-0.1, -0.05) is 0 Å². The Balaban J connectivity index is 2.64. The lowest BCUT2D eigenvalue weighted by molar-refractivity contribution is 0.0916. The summed E-state index contributed by atoms with van der Waals surface area (Å²) in [4.78, 5) is 0. The molecule has 11 heavy (non-hydrogen) atoms. The Kier molecular flexibility index (Phi) is 2.49. The van der Waals surface area contributed by atoms with Crippen molar-refractivity contribution in [3.63, 3.8) is 0 Å². The molecule has 0 saturated heterocycles. The molecule has 1 rings (SSSR count). The highest BCUT2D eigenvalue weighted by atomic mass is 19.1. The van der Waals surface area contributed by atoms with Crippen LogP contribution in [0.1, 0.15) is 19.8 Å². The van der Waals surface area contributed by atoms with Gasteiger partial charge in [0.25, 0.3) is 0 Å². The van der Waals surface area contributed by atoms with Crippen LogP contribution >= 0.6 is 0 Å². The Morgan fingerprint density at radius 1 is 1.82 bits per heavy atom. The Labute approximate surface area is 66.2 Å². The molecule has 0 amide bonds. The number of alkyl halides is 1. The minimum atomic E-state index is -1.47. The Bertz CT molecular complexity index is 165. The van der Waals surface area contributed by atoms with Crippen LogP contribution in [0.4, 0.5) is 4.39 Å². The van der Waals surface area contributed by atoms with E-state index in [1.165, 1.54) is 6.92 Å². The van der Waals surface area contributed by atoms with Crippen molar-refractivity contribution in [2.24, 2.45) is 5.73 Å². The van der Waals surface area contributed by atoms with E-state index in [1.807, 2.05) is 0 Å². The molecule has 0 fully saturated rings. The van der Waals surface area contributed by atoms with Crippen LogP contribution in [0.5, 0.6) is 0 Å². The van der Waals surface area contributed by atoms with Crippen LogP contribution in [-0.2, 0) is 4.74 Å². The number of allylic oxidation sites excluding steroid dienone is 1. The maximum atomic E-state index is 13.4. The van der Waals surface area contributed by atoms with E-state index in [1.54, 1.807) is 6.08 Å². The molecule has 1 aliphatic heterocycles. The van der Waals surface area contributed by atoms with E-state index < -0.39 is 5.67 Å². The molecule has 0 aromatic rings. The van der Waals surface area contributed by atoms with Gasteiger partial charge in [-0.2, -0.15) is 0 Å². The van der Waals surface area contributed by atoms with Crippen molar-refractivity contribution in [2.75, 3.05) is 13.2 Å². The maximum absolute atomic E-state index is 13.4. The molecule has 0 spiro atoms. The fourth-order valence-electron chi connectivity index (χ4n) is 1.02. The standard InChI is InChI=1S/C8H14FNO/c1-8(9,6-10)7-4-2-3-5-11-7/h4H,2-3,5-6,10H2,1H3. The van der Waals surface area contributed by atoms with E-state index in [4.69, 9.17) is 10.5 Å². The van der Waals surface area contributed by atoms with E-state index in [2.05, 4.69) is 0 Å². The first-order valence-corrected chi connectivity index (χ1v) is 3.89. The summed E-state index contributed by atoms with van der Waals surface area (Å²) in [5.74, 6) is 0.409. The van der Waals surface area contributed by atoms with Gasteiger partial charge in [0.15, 0.2) is 5.67 Å². The van der Waals surface area contributed by atoms with Gasteiger partial charge >= 0.3 is 0 Å². The number of halogens is 1. The normalized spacial score (nSPS) is 23.4. The van der Waals surface area contributed by atoms with E-state index in [9.17, 15) is 4.39 Å². The van der Waals surface area contributed by atoms with Crippen molar-refractivity contribution in [1.82, 2.24) is 0 Å². The van der Waals surface area contributed by atoms with Crippen LogP contribution in [0, 0.1) is 0 Å². The second-order valence-corrected chi connectivity index (χ2v) is 2.96.